The Morgan fingerprint density at radius 2 is 1.90 bits per heavy atom. The van der Waals surface area contributed by atoms with Crippen LogP contribution in [0.15, 0.2) is 48.8 Å². The molecule has 9 nitrogen and oxygen atoms in total. The number of hydrogen-bond donors (Lipinski definition) is 2. The minimum Gasteiger partial charge on any atom is -0.392 e. The molecular weight excluding hydrogens is 492 g/mol. The molecule has 1 aliphatic heterocycles. The van der Waals surface area contributed by atoms with E-state index >= 15 is 0 Å². The fourth-order valence-electron chi connectivity index (χ4n) is 6.01. The van der Waals surface area contributed by atoms with Gasteiger partial charge in [-0.2, -0.15) is 0 Å². The molecule has 0 aliphatic carbocycles. The van der Waals surface area contributed by atoms with E-state index in [-0.39, 0.29) is 18.6 Å². The molecule has 39 heavy (non-hydrogen) atoms. The molecule has 1 aliphatic rings. The molecule has 1 aromatic carbocycles. The number of aromatic nitrogens is 6. The zero-order chi connectivity index (χ0) is 27.3. The smallest absolute Gasteiger partial charge is 0.0960 e. The van der Waals surface area contributed by atoms with Crippen molar-refractivity contribution in [2.45, 2.75) is 51.9 Å². The number of nitrogens with zero attached hydrogens (tertiary/aromatic N) is 6. The van der Waals surface area contributed by atoms with E-state index in [1.165, 1.54) is 0 Å². The number of fused-ring (bicyclic) bond motifs is 3. The second kappa shape index (κ2) is 9.82. The predicted octanol–water partition coefficient (Wildman–Crippen LogP) is 4.42. The van der Waals surface area contributed by atoms with E-state index < -0.39 is 5.60 Å². The average Bonchev–Trinajstić information content (AvgIpc) is 3.44. The lowest BCUT2D eigenvalue weighted by Gasteiger charge is -2.33. The van der Waals surface area contributed by atoms with Gasteiger partial charge in [0.05, 0.1) is 51.9 Å². The van der Waals surface area contributed by atoms with Gasteiger partial charge >= 0.3 is 0 Å². The van der Waals surface area contributed by atoms with Crippen LogP contribution in [0.3, 0.4) is 0 Å². The van der Waals surface area contributed by atoms with Gasteiger partial charge in [-0.25, -0.2) is 4.68 Å². The van der Waals surface area contributed by atoms with Crippen LogP contribution < -0.4 is 0 Å². The van der Waals surface area contributed by atoms with Gasteiger partial charge in [0.15, 0.2) is 0 Å². The van der Waals surface area contributed by atoms with Crippen molar-refractivity contribution in [1.29, 1.82) is 0 Å². The Bertz CT molecular complexity index is 1640. The molecule has 5 heterocycles. The van der Waals surface area contributed by atoms with E-state index in [1.807, 2.05) is 38.4 Å². The van der Waals surface area contributed by atoms with Gasteiger partial charge in [-0.05, 0) is 63.3 Å². The Labute approximate surface area is 227 Å². The zero-order valence-electron chi connectivity index (χ0n) is 22.8. The Hall–Kier alpha value is -3.66. The predicted molar refractivity (Wildman–Crippen MR) is 149 cm³/mol. The number of benzene rings is 1. The lowest BCUT2D eigenvalue weighted by molar-refractivity contribution is 0.0545. The Morgan fingerprint density at radius 1 is 1.10 bits per heavy atom. The molecule has 0 radical (unpaired) electrons. The number of rotatable bonds is 6. The quantitative estimate of drug-likeness (QED) is 0.337. The highest BCUT2D eigenvalue weighted by molar-refractivity contribution is 6.07. The third-order valence-corrected chi connectivity index (χ3v) is 7.98. The fourth-order valence-corrected chi connectivity index (χ4v) is 6.01. The average molecular weight is 527 g/mol. The first kappa shape index (κ1) is 25.6. The lowest BCUT2D eigenvalue weighted by Crippen LogP contribution is -2.28. The molecule has 0 saturated carbocycles. The van der Waals surface area contributed by atoms with Crippen LogP contribution in [-0.4, -0.2) is 53.0 Å². The number of hydrogen-bond acceptors (Lipinski definition) is 7. The minimum atomic E-state index is -1.01. The van der Waals surface area contributed by atoms with Crippen LogP contribution in [-0.2, 0) is 24.0 Å². The Morgan fingerprint density at radius 3 is 2.59 bits per heavy atom. The molecule has 2 N–H and O–H groups in total. The number of aliphatic hydroxyl groups excluding tert-OH is 1. The highest BCUT2D eigenvalue weighted by Crippen LogP contribution is 2.42. The molecule has 5 aromatic rings. The van der Waals surface area contributed by atoms with Crippen LogP contribution in [0.5, 0.6) is 0 Å². The first-order valence-electron chi connectivity index (χ1n) is 13.4. The summed E-state index contributed by atoms with van der Waals surface area (Å²) in [7, 11) is 1.89. The van der Waals surface area contributed by atoms with Gasteiger partial charge in [0, 0.05) is 49.2 Å². The molecule has 1 unspecified atom stereocenters. The molecule has 4 aromatic heterocycles. The van der Waals surface area contributed by atoms with Crippen molar-refractivity contribution in [2.24, 2.45) is 13.0 Å². The van der Waals surface area contributed by atoms with Gasteiger partial charge in [-0.15, -0.1) is 5.10 Å². The Balaban J connectivity index is 1.71. The SMILES string of the molecule is Cc1nnn(C)c1-c1cnc2c3ccc(C(C)(C)O)cc3n(C(c3ncccc3CO)C3CCOCC3)c2c1. The first-order valence-corrected chi connectivity index (χ1v) is 13.4. The topological polar surface area (TPSA) is 111 Å². The van der Waals surface area contributed by atoms with Crippen LogP contribution in [0.2, 0.25) is 0 Å². The molecule has 202 valence electrons. The van der Waals surface area contributed by atoms with Crippen LogP contribution in [0.1, 0.15) is 55.2 Å². The lowest BCUT2D eigenvalue weighted by atomic mass is 9.87. The van der Waals surface area contributed by atoms with Gasteiger partial charge in [-0.1, -0.05) is 23.4 Å². The minimum absolute atomic E-state index is 0.0989. The summed E-state index contributed by atoms with van der Waals surface area (Å²) >= 11 is 0. The number of aryl methyl sites for hydroxylation is 2. The van der Waals surface area contributed by atoms with E-state index in [0.29, 0.717) is 13.2 Å². The van der Waals surface area contributed by atoms with Crippen molar-refractivity contribution >= 4 is 21.9 Å². The molecule has 1 fully saturated rings. The summed E-state index contributed by atoms with van der Waals surface area (Å²) in [5, 5.41) is 30.7. The number of aliphatic hydroxyl groups is 2. The highest BCUT2D eigenvalue weighted by Gasteiger charge is 2.33. The van der Waals surface area contributed by atoms with Crippen molar-refractivity contribution in [3.05, 3.63) is 71.3 Å². The maximum Gasteiger partial charge on any atom is 0.0960 e. The molecule has 1 atom stereocenters. The van der Waals surface area contributed by atoms with E-state index in [4.69, 9.17) is 14.7 Å². The van der Waals surface area contributed by atoms with Crippen LogP contribution >= 0.6 is 0 Å². The summed E-state index contributed by atoms with van der Waals surface area (Å²) in [5.74, 6) is 0.229. The summed E-state index contributed by atoms with van der Waals surface area (Å²) in [6, 6.07) is 11.9. The van der Waals surface area contributed by atoms with Crippen molar-refractivity contribution in [1.82, 2.24) is 29.5 Å². The number of ether oxygens (including phenoxy) is 1. The van der Waals surface area contributed by atoms with Gasteiger partial charge in [0.1, 0.15) is 0 Å². The van der Waals surface area contributed by atoms with Gasteiger partial charge in [-0.3, -0.25) is 9.97 Å². The Kier molecular flexibility index (Phi) is 6.45. The number of pyridine rings is 2. The maximum atomic E-state index is 10.9. The normalized spacial score (nSPS) is 15.8. The molecule has 0 spiro atoms. The third kappa shape index (κ3) is 4.40. The first-order chi connectivity index (χ1) is 18.8. The molecule has 0 bridgehead atoms. The van der Waals surface area contributed by atoms with Crippen molar-refractivity contribution in [3.63, 3.8) is 0 Å². The summed E-state index contributed by atoms with van der Waals surface area (Å²) in [4.78, 5) is 9.83. The summed E-state index contributed by atoms with van der Waals surface area (Å²) < 4.78 is 9.85. The molecule has 6 rings (SSSR count). The van der Waals surface area contributed by atoms with Gasteiger partial charge in [0.2, 0.25) is 0 Å². The summed E-state index contributed by atoms with van der Waals surface area (Å²) in [5.41, 5.74) is 6.94. The standard InChI is InChI=1S/C30H34N6O3/c1-18-28(35(4)34-33-18)21-14-25-27(32-16-21)23-8-7-22(30(2,3)38)15-24(23)36(25)29(19-9-12-39-13-10-19)26-20(17-37)6-5-11-31-26/h5-8,11,14-16,19,29,37-38H,9-10,12-13,17H2,1-4H3. The van der Waals surface area contributed by atoms with E-state index in [9.17, 15) is 10.2 Å². The zero-order valence-corrected chi connectivity index (χ0v) is 22.8. The maximum absolute atomic E-state index is 10.9. The van der Waals surface area contributed by atoms with Crippen molar-refractivity contribution < 1.29 is 14.9 Å². The van der Waals surface area contributed by atoms with Gasteiger partial charge < -0.3 is 19.5 Å². The second-order valence-corrected chi connectivity index (χ2v) is 11.0. The van der Waals surface area contributed by atoms with Crippen LogP contribution in [0.4, 0.5) is 0 Å². The third-order valence-electron chi connectivity index (χ3n) is 7.98. The van der Waals surface area contributed by atoms with E-state index in [0.717, 1.165) is 68.6 Å². The van der Waals surface area contributed by atoms with Crippen LogP contribution in [0, 0.1) is 12.8 Å². The molecule has 1 saturated heterocycles. The largest absolute Gasteiger partial charge is 0.392 e. The van der Waals surface area contributed by atoms with Gasteiger partial charge in [0.25, 0.3) is 0 Å². The summed E-state index contributed by atoms with van der Waals surface area (Å²) in [6.45, 7) is 6.81. The van der Waals surface area contributed by atoms with E-state index in [1.54, 1.807) is 24.7 Å². The van der Waals surface area contributed by atoms with E-state index in [2.05, 4.69) is 33.1 Å². The molecular formula is C30H34N6O3. The van der Waals surface area contributed by atoms with Crippen molar-refractivity contribution in [3.8, 4) is 11.3 Å². The second-order valence-electron chi connectivity index (χ2n) is 11.0. The highest BCUT2D eigenvalue weighted by atomic mass is 16.5. The monoisotopic (exact) mass is 526 g/mol. The fraction of sp³-hybridized carbons (Fsp3) is 0.400. The summed E-state index contributed by atoms with van der Waals surface area (Å²) in [6.07, 6.45) is 5.42. The van der Waals surface area contributed by atoms with Crippen LogP contribution in [0.25, 0.3) is 33.2 Å². The molecule has 0 amide bonds. The molecule has 9 heteroatoms. The van der Waals surface area contributed by atoms with Crippen molar-refractivity contribution in [2.75, 3.05) is 13.2 Å².